The van der Waals surface area contributed by atoms with Gasteiger partial charge in [0.1, 0.15) is 5.75 Å². The Hall–Kier alpha value is -2.81. The average molecular weight is 347 g/mol. The van der Waals surface area contributed by atoms with Gasteiger partial charge in [0.15, 0.2) is 6.10 Å². The van der Waals surface area contributed by atoms with Crippen LogP contribution in [0, 0.1) is 0 Å². The molecule has 0 aromatic heterocycles. The quantitative estimate of drug-likeness (QED) is 0.670. The molecule has 0 aliphatic carbocycles. The van der Waals surface area contributed by atoms with Gasteiger partial charge in [0, 0.05) is 6.04 Å². The summed E-state index contributed by atoms with van der Waals surface area (Å²) >= 11 is 0. The highest BCUT2D eigenvalue weighted by Crippen LogP contribution is 2.21. The maximum atomic E-state index is 12.4. The highest BCUT2D eigenvalue weighted by molar-refractivity contribution is 5.84. The Morgan fingerprint density at radius 3 is 2.38 bits per heavy atom. The molecule has 3 aromatic carbocycles. The molecule has 2 atom stereocenters. The number of rotatable bonds is 7. The fraction of sp³-hybridized carbons (Fsp3) is 0.261. The summed E-state index contributed by atoms with van der Waals surface area (Å²) in [6.45, 7) is 3.82. The Bertz CT molecular complexity index is 860. The Kier molecular flexibility index (Phi) is 5.90. The lowest BCUT2D eigenvalue weighted by molar-refractivity contribution is -0.127. The van der Waals surface area contributed by atoms with E-state index in [2.05, 4.69) is 23.5 Å². The molecule has 0 heterocycles. The molecule has 1 N–H and O–H groups in total. The SMILES string of the molecule is C[C@H](CCc1ccccc1)NC(=O)[C@H](C)Oc1ccc2ccccc2c1. The van der Waals surface area contributed by atoms with Gasteiger partial charge in [0.2, 0.25) is 0 Å². The summed E-state index contributed by atoms with van der Waals surface area (Å²) in [5.41, 5.74) is 1.29. The van der Waals surface area contributed by atoms with Gasteiger partial charge in [-0.1, -0.05) is 60.7 Å². The van der Waals surface area contributed by atoms with Gasteiger partial charge in [-0.2, -0.15) is 0 Å². The van der Waals surface area contributed by atoms with Crippen molar-refractivity contribution < 1.29 is 9.53 Å². The van der Waals surface area contributed by atoms with Crippen LogP contribution in [0.5, 0.6) is 5.75 Å². The topological polar surface area (TPSA) is 38.3 Å². The molecule has 0 unspecified atom stereocenters. The summed E-state index contributed by atoms with van der Waals surface area (Å²) in [5.74, 6) is 0.627. The molecule has 0 bridgehead atoms. The minimum absolute atomic E-state index is 0.0845. The number of carbonyl (C=O) groups is 1. The zero-order valence-corrected chi connectivity index (χ0v) is 15.3. The van der Waals surface area contributed by atoms with Crippen molar-refractivity contribution in [3.63, 3.8) is 0 Å². The van der Waals surface area contributed by atoms with Gasteiger partial charge in [0.05, 0.1) is 0 Å². The third-order valence-corrected chi connectivity index (χ3v) is 4.50. The molecule has 0 aliphatic heterocycles. The zero-order valence-electron chi connectivity index (χ0n) is 15.3. The van der Waals surface area contributed by atoms with Crippen LogP contribution in [-0.2, 0) is 11.2 Å². The fourth-order valence-electron chi connectivity index (χ4n) is 2.96. The first kappa shape index (κ1) is 18.0. The third kappa shape index (κ3) is 4.85. The maximum absolute atomic E-state index is 12.4. The first-order chi connectivity index (χ1) is 12.6. The summed E-state index contributed by atoms with van der Waals surface area (Å²) in [5, 5.41) is 5.31. The summed E-state index contributed by atoms with van der Waals surface area (Å²) in [4.78, 5) is 12.4. The van der Waals surface area contributed by atoms with Crippen LogP contribution < -0.4 is 10.1 Å². The fourth-order valence-corrected chi connectivity index (χ4v) is 2.96. The Balaban J connectivity index is 1.51. The monoisotopic (exact) mass is 347 g/mol. The number of aryl methyl sites for hydroxylation is 1. The molecule has 3 nitrogen and oxygen atoms in total. The van der Waals surface area contributed by atoms with Crippen molar-refractivity contribution in [2.75, 3.05) is 0 Å². The van der Waals surface area contributed by atoms with Crippen LogP contribution in [0.4, 0.5) is 0 Å². The van der Waals surface area contributed by atoms with Crippen molar-refractivity contribution in [2.45, 2.75) is 38.8 Å². The van der Waals surface area contributed by atoms with E-state index in [1.165, 1.54) is 5.56 Å². The van der Waals surface area contributed by atoms with Crippen LogP contribution in [0.2, 0.25) is 0 Å². The van der Waals surface area contributed by atoms with E-state index in [-0.39, 0.29) is 11.9 Å². The van der Waals surface area contributed by atoms with Crippen molar-refractivity contribution in [2.24, 2.45) is 0 Å². The largest absolute Gasteiger partial charge is 0.481 e. The van der Waals surface area contributed by atoms with Crippen LogP contribution in [0.1, 0.15) is 25.8 Å². The van der Waals surface area contributed by atoms with Gasteiger partial charge < -0.3 is 10.1 Å². The molecule has 0 fully saturated rings. The lowest BCUT2D eigenvalue weighted by atomic mass is 10.1. The Morgan fingerprint density at radius 2 is 1.62 bits per heavy atom. The number of carbonyl (C=O) groups excluding carboxylic acids is 1. The van der Waals surface area contributed by atoms with Gasteiger partial charge >= 0.3 is 0 Å². The van der Waals surface area contributed by atoms with Gasteiger partial charge in [-0.3, -0.25) is 4.79 Å². The number of benzene rings is 3. The number of ether oxygens (including phenoxy) is 1. The number of amides is 1. The molecule has 0 spiro atoms. The van der Waals surface area contributed by atoms with E-state index in [0.717, 1.165) is 23.6 Å². The second-order valence-corrected chi connectivity index (χ2v) is 6.70. The van der Waals surface area contributed by atoms with Crippen LogP contribution >= 0.6 is 0 Å². The van der Waals surface area contributed by atoms with Crippen molar-refractivity contribution in [3.05, 3.63) is 78.4 Å². The molecule has 0 saturated carbocycles. The Morgan fingerprint density at radius 1 is 0.923 bits per heavy atom. The van der Waals surface area contributed by atoms with E-state index >= 15 is 0 Å². The molecule has 134 valence electrons. The summed E-state index contributed by atoms with van der Waals surface area (Å²) in [6, 6.07) is 24.4. The van der Waals surface area contributed by atoms with Gasteiger partial charge in [-0.25, -0.2) is 0 Å². The van der Waals surface area contributed by atoms with Crippen LogP contribution in [-0.4, -0.2) is 18.1 Å². The van der Waals surface area contributed by atoms with Crippen LogP contribution in [0.25, 0.3) is 10.8 Å². The van der Waals surface area contributed by atoms with E-state index in [1.54, 1.807) is 6.92 Å². The van der Waals surface area contributed by atoms with Crippen molar-refractivity contribution >= 4 is 16.7 Å². The standard InChI is InChI=1S/C23H25NO2/c1-17(12-13-19-8-4-3-5-9-19)24-23(25)18(2)26-22-15-14-20-10-6-7-11-21(20)16-22/h3-11,14-18H,12-13H2,1-2H3,(H,24,25)/t17-,18+/m1/s1. The lowest BCUT2D eigenvalue weighted by Crippen LogP contribution is -2.41. The van der Waals surface area contributed by atoms with E-state index in [4.69, 9.17) is 4.74 Å². The molecular weight excluding hydrogens is 322 g/mol. The first-order valence-corrected chi connectivity index (χ1v) is 9.11. The average Bonchev–Trinajstić information content (AvgIpc) is 2.67. The minimum Gasteiger partial charge on any atom is -0.481 e. The van der Waals surface area contributed by atoms with Crippen molar-refractivity contribution in [1.82, 2.24) is 5.32 Å². The molecule has 26 heavy (non-hydrogen) atoms. The molecule has 0 radical (unpaired) electrons. The second kappa shape index (κ2) is 8.52. The predicted octanol–water partition coefficient (Wildman–Crippen LogP) is 4.74. The number of hydrogen-bond acceptors (Lipinski definition) is 2. The highest BCUT2D eigenvalue weighted by Gasteiger charge is 2.17. The molecule has 0 saturated heterocycles. The summed E-state index contributed by atoms with van der Waals surface area (Å²) in [6.07, 6.45) is 1.32. The van der Waals surface area contributed by atoms with E-state index in [9.17, 15) is 4.79 Å². The number of nitrogens with one attached hydrogen (secondary N) is 1. The van der Waals surface area contributed by atoms with Gasteiger partial charge in [0.25, 0.3) is 5.91 Å². The first-order valence-electron chi connectivity index (χ1n) is 9.11. The summed E-state index contributed by atoms with van der Waals surface area (Å²) in [7, 11) is 0. The number of hydrogen-bond donors (Lipinski definition) is 1. The molecule has 0 aliphatic rings. The molecule has 3 aromatic rings. The second-order valence-electron chi connectivity index (χ2n) is 6.70. The Labute approximate surface area is 155 Å². The van der Waals surface area contributed by atoms with Crippen LogP contribution in [0.15, 0.2) is 72.8 Å². The van der Waals surface area contributed by atoms with E-state index in [1.807, 2.05) is 61.5 Å². The molecule has 1 amide bonds. The van der Waals surface area contributed by atoms with Crippen molar-refractivity contribution in [1.29, 1.82) is 0 Å². The maximum Gasteiger partial charge on any atom is 0.260 e. The molecular formula is C23H25NO2. The minimum atomic E-state index is -0.532. The number of fused-ring (bicyclic) bond motifs is 1. The van der Waals surface area contributed by atoms with E-state index < -0.39 is 6.10 Å². The highest BCUT2D eigenvalue weighted by atomic mass is 16.5. The zero-order chi connectivity index (χ0) is 18.4. The van der Waals surface area contributed by atoms with Gasteiger partial charge in [-0.15, -0.1) is 0 Å². The van der Waals surface area contributed by atoms with Crippen LogP contribution in [0.3, 0.4) is 0 Å². The summed E-state index contributed by atoms with van der Waals surface area (Å²) < 4.78 is 5.84. The van der Waals surface area contributed by atoms with Crippen molar-refractivity contribution in [3.8, 4) is 5.75 Å². The smallest absolute Gasteiger partial charge is 0.260 e. The normalized spacial score (nSPS) is 13.2. The lowest BCUT2D eigenvalue weighted by Gasteiger charge is -2.19. The molecule has 3 rings (SSSR count). The predicted molar refractivity (Wildman–Crippen MR) is 106 cm³/mol. The molecule has 3 heteroatoms. The van der Waals surface area contributed by atoms with E-state index in [0.29, 0.717) is 5.75 Å². The van der Waals surface area contributed by atoms with Gasteiger partial charge in [-0.05, 0) is 55.2 Å². The third-order valence-electron chi connectivity index (χ3n) is 4.50.